The van der Waals surface area contributed by atoms with E-state index in [1.54, 1.807) is 6.07 Å². The number of carbonyl (C=O) groups excluding carboxylic acids is 2. The van der Waals surface area contributed by atoms with Crippen LogP contribution in [0.5, 0.6) is 0 Å². The zero-order chi connectivity index (χ0) is 12.1. The number of hydrogen-bond donors (Lipinski definition) is 0. The number of pyridine rings is 1. The lowest BCUT2D eigenvalue weighted by Crippen LogP contribution is -2.01. The Morgan fingerprint density at radius 3 is 2.62 bits per heavy atom. The maximum atomic E-state index is 11.1. The fraction of sp³-hybridized carbons (Fsp3) is 0.273. The van der Waals surface area contributed by atoms with Crippen molar-refractivity contribution in [1.82, 2.24) is 4.98 Å². The Bertz CT molecular complexity index is 477. The van der Waals surface area contributed by atoms with Gasteiger partial charge in [-0.2, -0.15) is 5.26 Å². The summed E-state index contributed by atoms with van der Waals surface area (Å²) in [5, 5.41) is 9.28. The Hall–Kier alpha value is -1.67. The summed E-state index contributed by atoms with van der Waals surface area (Å²) in [6, 6.07) is 5.04. The molecule has 0 aromatic carbocycles. The highest BCUT2D eigenvalue weighted by molar-refractivity contribution is 8.00. The second-order valence-corrected chi connectivity index (χ2v) is 4.17. The Kier molecular flexibility index (Phi) is 4.20. The first kappa shape index (κ1) is 12.4. The molecule has 1 rings (SSSR count). The number of nitrogens with zero attached hydrogens (tertiary/aromatic N) is 2. The zero-order valence-corrected chi connectivity index (χ0v) is 9.80. The van der Waals surface area contributed by atoms with Crippen LogP contribution in [0.4, 0.5) is 0 Å². The highest BCUT2D eigenvalue weighted by Crippen LogP contribution is 2.20. The Morgan fingerprint density at radius 1 is 1.44 bits per heavy atom. The number of rotatable bonds is 4. The van der Waals surface area contributed by atoms with Crippen LogP contribution in [-0.4, -0.2) is 22.3 Å². The number of nitriles is 1. The van der Waals surface area contributed by atoms with Crippen molar-refractivity contribution in [2.24, 2.45) is 0 Å². The van der Waals surface area contributed by atoms with Crippen molar-refractivity contribution in [2.75, 3.05) is 5.75 Å². The molecule has 5 heteroatoms. The highest BCUT2D eigenvalue weighted by Gasteiger charge is 2.09. The molecule has 82 valence electrons. The molecule has 0 atom stereocenters. The largest absolute Gasteiger partial charge is 0.299 e. The topological polar surface area (TPSA) is 70.8 Å². The summed E-state index contributed by atoms with van der Waals surface area (Å²) in [5.41, 5.74) is 0.696. The van der Waals surface area contributed by atoms with Crippen LogP contribution in [0, 0.1) is 11.3 Å². The lowest BCUT2D eigenvalue weighted by atomic mass is 10.2. The minimum Gasteiger partial charge on any atom is -0.299 e. The summed E-state index contributed by atoms with van der Waals surface area (Å²) in [4.78, 5) is 26.0. The van der Waals surface area contributed by atoms with Gasteiger partial charge in [-0.15, -0.1) is 0 Å². The maximum absolute atomic E-state index is 11.1. The summed E-state index contributed by atoms with van der Waals surface area (Å²) in [6.45, 7) is 2.88. The molecule has 0 bridgehead atoms. The first-order valence-corrected chi connectivity index (χ1v) is 5.57. The van der Waals surface area contributed by atoms with Gasteiger partial charge in [-0.1, -0.05) is 11.8 Å². The maximum Gasteiger partial charge on any atom is 0.178 e. The van der Waals surface area contributed by atoms with E-state index >= 15 is 0 Å². The van der Waals surface area contributed by atoms with Crippen molar-refractivity contribution in [3.05, 3.63) is 23.4 Å². The smallest absolute Gasteiger partial charge is 0.178 e. The van der Waals surface area contributed by atoms with Crippen LogP contribution >= 0.6 is 11.8 Å². The minimum atomic E-state index is -0.158. The minimum absolute atomic E-state index is 0.00363. The molecule has 0 saturated carbocycles. The van der Waals surface area contributed by atoms with E-state index in [1.165, 1.54) is 31.7 Å². The fourth-order valence-electron chi connectivity index (χ4n) is 1.00. The molecule has 0 aliphatic carbocycles. The van der Waals surface area contributed by atoms with Crippen LogP contribution in [0.1, 0.15) is 29.9 Å². The van der Waals surface area contributed by atoms with E-state index in [2.05, 4.69) is 4.98 Å². The van der Waals surface area contributed by atoms with Crippen LogP contribution in [0.25, 0.3) is 0 Å². The van der Waals surface area contributed by atoms with E-state index < -0.39 is 0 Å². The van der Waals surface area contributed by atoms with E-state index in [9.17, 15) is 9.59 Å². The third-order valence-electron chi connectivity index (χ3n) is 1.75. The normalized spacial score (nSPS) is 9.56. The number of ketones is 2. The van der Waals surface area contributed by atoms with Gasteiger partial charge in [0.1, 0.15) is 22.6 Å². The number of aromatic nitrogens is 1. The Labute approximate surface area is 97.7 Å². The van der Waals surface area contributed by atoms with E-state index in [0.29, 0.717) is 16.3 Å². The van der Waals surface area contributed by atoms with Gasteiger partial charge in [0.05, 0.1) is 11.3 Å². The number of hydrogen-bond acceptors (Lipinski definition) is 5. The van der Waals surface area contributed by atoms with Gasteiger partial charge in [-0.05, 0) is 19.1 Å². The van der Waals surface area contributed by atoms with Crippen LogP contribution in [0.2, 0.25) is 0 Å². The molecule has 0 saturated heterocycles. The van der Waals surface area contributed by atoms with Gasteiger partial charge in [0.15, 0.2) is 5.78 Å². The van der Waals surface area contributed by atoms with Crippen LogP contribution < -0.4 is 0 Å². The summed E-state index contributed by atoms with van der Waals surface area (Å²) >= 11 is 1.18. The lowest BCUT2D eigenvalue weighted by Gasteiger charge is -2.02. The second kappa shape index (κ2) is 5.42. The number of Topliss-reactive ketones (excluding diaryl/α,β-unsaturated/α-hetero) is 2. The molecule has 1 aromatic heterocycles. The molecule has 0 N–H and O–H groups in total. The summed E-state index contributed by atoms with van der Waals surface area (Å²) in [5.74, 6) is 0.0985. The third-order valence-corrected chi connectivity index (χ3v) is 2.89. The molecular weight excluding hydrogens is 224 g/mol. The van der Waals surface area contributed by atoms with Gasteiger partial charge in [-0.3, -0.25) is 9.59 Å². The monoisotopic (exact) mass is 234 g/mol. The van der Waals surface area contributed by atoms with E-state index in [4.69, 9.17) is 5.26 Å². The first-order valence-electron chi connectivity index (χ1n) is 4.59. The average molecular weight is 234 g/mol. The van der Waals surface area contributed by atoms with Crippen molar-refractivity contribution in [3.63, 3.8) is 0 Å². The quantitative estimate of drug-likeness (QED) is 0.587. The van der Waals surface area contributed by atoms with Gasteiger partial charge in [-0.25, -0.2) is 4.98 Å². The summed E-state index contributed by atoms with van der Waals surface area (Å²) in [6.07, 6.45) is 0. The van der Waals surface area contributed by atoms with Crippen molar-refractivity contribution in [1.29, 1.82) is 5.26 Å². The molecule has 0 aliphatic heterocycles. The molecule has 0 fully saturated rings. The van der Waals surface area contributed by atoms with Gasteiger partial charge in [0, 0.05) is 6.92 Å². The standard InChI is InChI=1S/C11H10N2O2S/c1-7(14)6-16-11-9(5-12)3-4-10(13-11)8(2)15/h3-4H,6H2,1-2H3. The molecule has 0 radical (unpaired) electrons. The van der Waals surface area contributed by atoms with Crippen LogP contribution in [0.3, 0.4) is 0 Å². The van der Waals surface area contributed by atoms with Gasteiger partial charge in [0.25, 0.3) is 0 Å². The van der Waals surface area contributed by atoms with Crippen molar-refractivity contribution in [2.45, 2.75) is 18.9 Å². The van der Waals surface area contributed by atoms with Gasteiger partial charge >= 0.3 is 0 Å². The number of carbonyl (C=O) groups is 2. The van der Waals surface area contributed by atoms with E-state index in [1.807, 2.05) is 6.07 Å². The molecule has 0 spiro atoms. The molecule has 0 amide bonds. The van der Waals surface area contributed by atoms with E-state index in [-0.39, 0.29) is 17.3 Å². The number of thioether (sulfide) groups is 1. The SMILES string of the molecule is CC(=O)CSc1nc(C(C)=O)ccc1C#N. The van der Waals surface area contributed by atoms with Crippen LogP contribution in [0.15, 0.2) is 17.2 Å². The molecule has 4 nitrogen and oxygen atoms in total. The molecular formula is C11H10N2O2S. The summed E-state index contributed by atoms with van der Waals surface area (Å²) in [7, 11) is 0. The first-order chi connectivity index (χ1) is 7.54. The van der Waals surface area contributed by atoms with Gasteiger partial charge in [0.2, 0.25) is 0 Å². The van der Waals surface area contributed by atoms with Crippen molar-refractivity contribution in [3.8, 4) is 6.07 Å². The van der Waals surface area contributed by atoms with Gasteiger partial charge < -0.3 is 0 Å². The molecule has 0 unspecified atom stereocenters. The predicted octanol–water partition coefficient (Wildman–Crippen LogP) is 1.84. The Balaban J connectivity index is 3.03. The molecule has 1 aromatic rings. The predicted molar refractivity (Wildman–Crippen MR) is 60.4 cm³/mol. The van der Waals surface area contributed by atoms with Crippen molar-refractivity contribution < 1.29 is 9.59 Å². The Morgan fingerprint density at radius 2 is 2.12 bits per heavy atom. The molecule has 0 aliphatic rings. The second-order valence-electron chi connectivity index (χ2n) is 3.21. The molecule has 1 heterocycles. The average Bonchev–Trinajstić information content (AvgIpc) is 2.25. The molecule has 16 heavy (non-hydrogen) atoms. The van der Waals surface area contributed by atoms with Crippen LogP contribution in [-0.2, 0) is 4.79 Å². The highest BCUT2D eigenvalue weighted by atomic mass is 32.2. The summed E-state index contributed by atoms with van der Waals surface area (Å²) < 4.78 is 0. The van der Waals surface area contributed by atoms with E-state index in [0.717, 1.165) is 0 Å². The fourth-order valence-corrected chi connectivity index (χ4v) is 1.77. The van der Waals surface area contributed by atoms with Crippen molar-refractivity contribution >= 4 is 23.3 Å². The lowest BCUT2D eigenvalue weighted by molar-refractivity contribution is -0.114. The zero-order valence-electron chi connectivity index (χ0n) is 8.98. The third kappa shape index (κ3) is 3.17.